The standard InChI is InChI=1S/C55H103N13O15.C3H7N.16H2/c1-39(51(56)75)17-9-12-25-59-49(73)37-82-33-32-81-30-28-61-50(74)38-83-34-31-80-29-27-60-46(70)21-15-20-45(69)58-24-14-11-19-44(53(77)62-26-13-10-18-40(2)52(57)76)66-48(72)23-16-22-47(71)65-43(35-63-54(5,6)41(3)67-78)36-64-55(7,8)42(4)68-79;1-2-3-4;;;;;;;;;;;;;;;;/h39-40,43-44,63-64,78-79H,9-38H2,1-8H3,(H2,56,75)(H2,57,76)(H,58,69)(H,59,73)(H,60,70)(H,61,74)(H,62,77)(H,65,71)(H,66,72);2H,1,3-4H2;16*1H/b67-41+,68-42+;;;;;;;;;;;;;;;;;/t39-,40+,44+;;;;;;;;;;;;;;;;;/m1................./s1/i;;16*1+1D. The van der Waals surface area contributed by atoms with Crippen molar-refractivity contribution >= 4 is 64.6 Å². The van der Waals surface area contributed by atoms with Crippen LogP contribution in [0.2, 0.25) is 0 Å². The molecule has 0 bridgehead atoms. The topological polar surface area (TPSA) is 442 Å². The smallest absolute Gasteiger partial charge is 0.246 e. The Morgan fingerprint density at radius 3 is 1.29 bits per heavy atom. The largest absolute Gasteiger partial charge is 0.411 e. The number of unbranched alkanes of at least 4 members (excludes halogenated alkanes) is 3. The first-order valence-electron chi connectivity index (χ1n) is 46.3. The summed E-state index contributed by atoms with van der Waals surface area (Å²) in [5.41, 5.74) is 15.0. The molecule has 29 heteroatoms. The minimum atomic E-state index is -0.876. The van der Waals surface area contributed by atoms with E-state index in [1.807, 2.05) is 27.7 Å². The molecule has 0 saturated carbocycles. The zero-order valence-electron chi connectivity index (χ0n) is 85.3. The molecule has 0 aliphatic rings. The number of ether oxygens (including phenoxy) is 4. The second-order valence-electron chi connectivity index (χ2n) is 22.1. The second-order valence-corrected chi connectivity index (χ2v) is 22.1. The maximum Gasteiger partial charge on any atom is 0.246 e. The van der Waals surface area contributed by atoms with E-state index in [9.17, 15) is 53.6 Å². The highest BCUT2D eigenvalue weighted by Crippen LogP contribution is 2.11. The van der Waals surface area contributed by atoms with Crippen molar-refractivity contribution in [3.63, 3.8) is 0 Å². The number of nitrogens with one attached hydrogen (secondary N) is 9. The van der Waals surface area contributed by atoms with Crippen molar-refractivity contribution in [2.24, 2.45) is 39.3 Å². The maximum absolute atomic E-state index is 13.3. The summed E-state index contributed by atoms with van der Waals surface area (Å²) < 4.78 is 181. The lowest BCUT2D eigenvalue weighted by atomic mass is 9.98. The number of primary amides is 2. The van der Waals surface area contributed by atoms with Gasteiger partial charge in [-0.15, -0.1) is 6.58 Å². The molecular weight excluding hydrogens is 1130 g/mol. The predicted molar refractivity (Wildman–Crippen MR) is 365 cm³/mol. The highest BCUT2D eigenvalue weighted by molar-refractivity contribution is 5.91. The molecule has 9 amide bonds. The van der Waals surface area contributed by atoms with Crippen molar-refractivity contribution in [3.05, 3.63) is 12.7 Å². The van der Waals surface area contributed by atoms with E-state index < -0.39 is 35.0 Å². The Balaban J connectivity index is -0.000000154. The van der Waals surface area contributed by atoms with E-state index in [0.29, 0.717) is 82.5 Å². The van der Waals surface area contributed by atoms with Gasteiger partial charge >= 0.3 is 0 Å². The van der Waals surface area contributed by atoms with Gasteiger partial charge in [-0.2, -0.15) is 0 Å². The number of rotatable bonds is 53. The molecule has 534 valence electrons. The Labute approximate surface area is 564 Å². The summed E-state index contributed by atoms with van der Waals surface area (Å²) in [6, 6.07) is -1.33. The van der Waals surface area contributed by atoms with Crippen LogP contribution in [0, 0.1) is 11.8 Å². The Morgan fingerprint density at radius 1 is 0.517 bits per heavy atom. The van der Waals surface area contributed by atoms with Gasteiger partial charge in [0.1, 0.15) is 19.3 Å². The second kappa shape index (κ2) is 51.7. The fourth-order valence-corrected chi connectivity index (χ4v) is 7.36. The number of carbonyl (C=O) groups excluding carboxylic acids is 9. The first-order chi connectivity index (χ1) is 57.3. The monoisotopic (exact) mass is 1310 g/mol. The Kier molecular flexibility index (Phi) is 33.9. The van der Waals surface area contributed by atoms with Crippen LogP contribution in [0.1, 0.15) is 199 Å². The van der Waals surface area contributed by atoms with Crippen molar-refractivity contribution in [3.8, 4) is 0 Å². The molecule has 0 aliphatic heterocycles. The molecule has 3 atom stereocenters. The van der Waals surface area contributed by atoms with Gasteiger partial charge in [0.05, 0.1) is 68.2 Å². The molecule has 0 unspecified atom stereocenters. The molecule has 0 aliphatic carbocycles. The van der Waals surface area contributed by atoms with Gasteiger partial charge in [0.25, 0.3) is 0 Å². The third-order valence-corrected chi connectivity index (χ3v) is 13.8. The molecule has 0 rings (SSSR count). The minimum absolute atomic E-state index is 0.0182. The maximum atomic E-state index is 13.3. The lowest BCUT2D eigenvalue weighted by Gasteiger charge is -2.32. The van der Waals surface area contributed by atoms with Crippen LogP contribution in [0.3, 0.4) is 0 Å². The first kappa shape index (κ1) is 57.1. The van der Waals surface area contributed by atoms with Gasteiger partial charge in [0, 0.05) is 137 Å². The number of hydrogen-bond donors (Lipinski definition) is 14. The predicted octanol–water partition coefficient (Wildman–Crippen LogP) is 4.20. The van der Waals surface area contributed by atoms with Gasteiger partial charge in [-0.1, -0.05) is 43.1 Å². The highest BCUT2D eigenvalue weighted by Gasteiger charge is 2.27. The average Bonchev–Trinajstić information content (AvgIpc) is 0.868. The van der Waals surface area contributed by atoms with Crippen LogP contribution in [-0.2, 0) is 62.1 Å². The minimum Gasteiger partial charge on any atom is -0.411 e. The summed E-state index contributed by atoms with van der Waals surface area (Å²) in [6.07, 6.45) is 7.74. The van der Waals surface area contributed by atoms with Crippen LogP contribution in [0.4, 0.5) is 0 Å². The van der Waals surface area contributed by atoms with Gasteiger partial charge in [0.2, 0.25) is 53.2 Å². The molecule has 29 nitrogen and oxygen atoms in total. The number of nitrogens with two attached hydrogens (primary N) is 3. The lowest BCUT2D eigenvalue weighted by molar-refractivity contribution is -0.129. The van der Waals surface area contributed by atoms with E-state index >= 15 is 0 Å². The molecule has 0 spiro atoms. The highest BCUT2D eigenvalue weighted by atomic mass is 16.5. The molecule has 0 heterocycles. The van der Waals surface area contributed by atoms with E-state index in [0.717, 1.165) is 12.8 Å². The third-order valence-electron chi connectivity index (χ3n) is 13.8. The lowest BCUT2D eigenvalue weighted by Crippen LogP contribution is -2.57. The molecule has 0 aromatic carbocycles. The van der Waals surface area contributed by atoms with Crippen LogP contribution >= 0.6 is 0 Å². The van der Waals surface area contributed by atoms with Gasteiger partial charge in [0.15, 0.2) is 0 Å². The van der Waals surface area contributed by atoms with E-state index in [2.05, 4.69) is 64.7 Å². The van der Waals surface area contributed by atoms with Gasteiger partial charge in [-0.25, -0.2) is 0 Å². The molecule has 0 aromatic heterocycles. The van der Waals surface area contributed by atoms with E-state index in [-0.39, 0.29) is 171 Å². The molecule has 17 N–H and O–H groups in total. The summed E-state index contributed by atoms with van der Waals surface area (Å²) in [6.45, 7) is 21.4. The zero-order valence-corrected chi connectivity index (χ0v) is 53.3. The van der Waals surface area contributed by atoms with Gasteiger partial charge in [-0.05, 0) is 99.3 Å². The van der Waals surface area contributed by atoms with Gasteiger partial charge in [-0.3, -0.25) is 43.2 Å². The summed E-state index contributed by atoms with van der Waals surface area (Å²) >= 11 is 0. The average molecular weight is 1310 g/mol. The van der Waals surface area contributed by atoms with Crippen LogP contribution in [0.15, 0.2) is 23.0 Å². The molecule has 0 fully saturated rings. The van der Waals surface area contributed by atoms with Crippen LogP contribution in [-0.4, -0.2) is 203 Å². The van der Waals surface area contributed by atoms with E-state index in [4.69, 9.17) is 83.7 Å². The first-order valence-corrected chi connectivity index (χ1v) is 30.3. The van der Waals surface area contributed by atoms with Crippen molar-refractivity contribution in [1.29, 1.82) is 0 Å². The van der Waals surface area contributed by atoms with Crippen molar-refractivity contribution in [2.45, 2.75) is 175 Å². The third kappa shape index (κ3) is 47.4. The van der Waals surface area contributed by atoms with Crippen molar-refractivity contribution in [1.82, 2.24) is 47.9 Å². The molecule has 0 saturated heterocycles. The van der Waals surface area contributed by atoms with Crippen molar-refractivity contribution < 1.29 is 120 Å². The SMILES string of the molecule is C/C(=N\O)C(C)(C)NCC(CNC(C)(C)/C(C)=N/O)NC(=O)CCCC(=O)N[C@@H](CCCCNC(=O)CCCC(=O)NCCOCCOCC(=O)NCCOCCOCC(=O)NCCCC[C@@H](C)C(N)=O)C(=O)NCCCC[C@H](C)C(N)=O.C=CCN.[2H][2H].[2H][2H].[2H][2H].[2H][2H].[2H][2H].[2H][2H].[2H][2H].[2H][2H].[2H][2H].[2H][2H].[2H][2H].[2H][2H].[2H][2H].[2H][2H].[2H][2H].[2H][2H]. The summed E-state index contributed by atoms with van der Waals surface area (Å²) in [5.74, 6) is -3.34. The number of carbonyl (C=O) groups is 9. The fraction of sp³-hybridized carbons (Fsp3) is 0.776. The Morgan fingerprint density at radius 2 is 0.874 bits per heavy atom. The summed E-state index contributed by atoms with van der Waals surface area (Å²) in [4.78, 5) is 111. The quantitative estimate of drug-likeness (QED) is 0.0133. The summed E-state index contributed by atoms with van der Waals surface area (Å²) in [5, 5.41) is 51.5. The number of hydrogen-bond acceptors (Lipinski definition) is 20. The van der Waals surface area contributed by atoms with E-state index in [1.165, 1.54) is 0 Å². The Hall–Kier alpha value is -6.37. The van der Waals surface area contributed by atoms with Crippen molar-refractivity contribution in [2.75, 3.05) is 105 Å². The van der Waals surface area contributed by atoms with Crippen LogP contribution in [0.5, 0.6) is 0 Å². The molecule has 0 aromatic rings. The zero-order chi connectivity index (χ0) is 97.9. The molecule has 0 radical (unpaired) electrons. The van der Waals surface area contributed by atoms with Crippen LogP contribution in [0.25, 0.3) is 0 Å². The molecular formula is C58H142N14O15. The Bertz CT molecular complexity index is 2130. The fourth-order valence-electron chi connectivity index (χ4n) is 7.36. The summed E-state index contributed by atoms with van der Waals surface area (Å²) in [7, 11) is 0. The number of oxime groups is 2. The molecule has 87 heavy (non-hydrogen) atoms. The van der Waals surface area contributed by atoms with E-state index in [1.54, 1.807) is 33.8 Å². The van der Waals surface area contributed by atoms with Gasteiger partial charge < -0.3 is 94.4 Å². The number of amides is 9. The number of nitrogens with zero attached hydrogens (tertiary/aromatic N) is 2. The van der Waals surface area contributed by atoms with Crippen LogP contribution < -0.4 is 65.1 Å². The normalized spacial score (nSPS) is 14.6.